The smallest absolute Gasteiger partial charge is 0.321 e. The number of halogens is 1. The van der Waals surface area contributed by atoms with Crippen LogP contribution in [-0.4, -0.2) is 24.9 Å². The Morgan fingerprint density at radius 2 is 2.29 bits per heavy atom. The van der Waals surface area contributed by atoms with E-state index in [1.165, 1.54) is 12.1 Å². The van der Waals surface area contributed by atoms with Crippen LogP contribution in [0.25, 0.3) is 0 Å². The van der Waals surface area contributed by atoms with Crippen LogP contribution < -0.4 is 5.32 Å². The average Bonchev–Trinajstić information content (AvgIpc) is 2.18. The third-order valence-corrected chi connectivity index (χ3v) is 2.03. The monoisotopic (exact) mass is 218 g/mol. The molecular formula is C10H13ClN2O. The zero-order chi connectivity index (χ0) is 15.7. The van der Waals surface area contributed by atoms with Gasteiger partial charge in [-0.1, -0.05) is 17.7 Å². The van der Waals surface area contributed by atoms with Crippen LogP contribution in [0.15, 0.2) is 18.2 Å². The Balaban J connectivity index is 3.00. The lowest BCUT2D eigenvalue weighted by atomic mass is 10.2. The first-order valence-corrected chi connectivity index (χ1v) is 4.18. The molecule has 0 radical (unpaired) electrons. The fraction of sp³-hybridized carbons (Fsp3) is 0.300. The molecule has 1 rings (SSSR count). The number of carbonyl (C=O) groups excluding carboxylic acids is 1. The third-order valence-electron chi connectivity index (χ3n) is 1.63. The van der Waals surface area contributed by atoms with Crippen molar-refractivity contribution in [3.05, 3.63) is 28.8 Å². The van der Waals surface area contributed by atoms with Crippen LogP contribution >= 0.6 is 11.6 Å². The van der Waals surface area contributed by atoms with Crippen molar-refractivity contribution in [2.75, 3.05) is 19.3 Å². The minimum Gasteiger partial charge on any atom is -0.331 e. The van der Waals surface area contributed by atoms with Gasteiger partial charge >= 0.3 is 6.03 Å². The Labute approximate surface area is 97.1 Å². The number of benzene rings is 1. The maximum Gasteiger partial charge on any atom is 0.321 e. The van der Waals surface area contributed by atoms with Crippen LogP contribution in [0.2, 0.25) is 5.02 Å². The molecular weight excluding hydrogens is 200 g/mol. The highest BCUT2D eigenvalue weighted by atomic mass is 35.5. The molecule has 4 heteroatoms. The van der Waals surface area contributed by atoms with E-state index in [1.807, 2.05) is 0 Å². The first-order valence-electron chi connectivity index (χ1n) is 6.80. The fourth-order valence-corrected chi connectivity index (χ4v) is 1.03. The molecule has 0 saturated heterocycles. The molecule has 14 heavy (non-hydrogen) atoms. The summed E-state index contributed by atoms with van der Waals surface area (Å²) >= 11 is 5.87. The molecule has 0 aliphatic carbocycles. The summed E-state index contributed by atoms with van der Waals surface area (Å²) in [7, 11) is 0. The summed E-state index contributed by atoms with van der Waals surface area (Å²) in [6, 6.07) is 3.28. The Kier molecular flexibility index (Phi) is 1.56. The Bertz CT molecular complexity index is 499. The lowest BCUT2D eigenvalue weighted by molar-refractivity contribution is 0.230. The molecule has 0 atom stereocenters. The van der Waals surface area contributed by atoms with Crippen LogP contribution in [-0.2, 0) is 0 Å². The summed E-state index contributed by atoms with van der Waals surface area (Å²) in [6.45, 7) is -4.40. The second-order valence-electron chi connectivity index (χ2n) is 2.73. The van der Waals surface area contributed by atoms with Gasteiger partial charge in [0.1, 0.15) is 0 Å². The van der Waals surface area contributed by atoms with Gasteiger partial charge in [-0.15, -0.1) is 0 Å². The molecule has 0 spiro atoms. The highest BCUT2D eigenvalue weighted by Crippen LogP contribution is 2.19. The van der Waals surface area contributed by atoms with Gasteiger partial charge in [0.2, 0.25) is 0 Å². The number of aryl methyl sites for hydroxylation is 1. The maximum atomic E-state index is 11.9. The lowest BCUT2D eigenvalue weighted by Crippen LogP contribution is -2.27. The molecule has 1 aromatic carbocycles. The zero-order valence-corrected chi connectivity index (χ0v) is 8.22. The van der Waals surface area contributed by atoms with Crippen molar-refractivity contribution in [2.24, 2.45) is 0 Å². The molecule has 2 amide bonds. The van der Waals surface area contributed by atoms with E-state index in [1.54, 1.807) is 13.0 Å². The predicted molar refractivity (Wildman–Crippen MR) is 58.9 cm³/mol. The molecule has 0 saturated carbocycles. The first-order chi connectivity index (χ1) is 8.93. The van der Waals surface area contributed by atoms with E-state index in [2.05, 4.69) is 5.32 Å². The number of hydrogen-bond acceptors (Lipinski definition) is 1. The minimum atomic E-state index is -3.08. The summed E-state index contributed by atoms with van der Waals surface area (Å²) in [4.78, 5) is 11.7. The van der Waals surface area contributed by atoms with Gasteiger partial charge in [-0.3, -0.25) is 0 Å². The molecule has 1 N–H and O–H groups in total. The summed E-state index contributed by atoms with van der Waals surface area (Å²) < 4.78 is 42.8. The highest BCUT2D eigenvalue weighted by Gasteiger charge is 2.04. The van der Waals surface area contributed by atoms with E-state index < -0.39 is 20.0 Å². The van der Waals surface area contributed by atoms with Gasteiger partial charge in [-0.2, -0.15) is 0 Å². The number of amides is 2. The Hall–Kier alpha value is -1.22. The maximum absolute atomic E-state index is 11.9. The molecule has 0 aliphatic rings. The number of urea groups is 1. The van der Waals surface area contributed by atoms with Crippen molar-refractivity contribution in [3.8, 4) is 0 Å². The average molecular weight is 219 g/mol. The number of nitrogens with zero attached hydrogens (tertiary/aromatic N) is 1. The molecule has 0 bridgehead atoms. The number of rotatable bonds is 1. The molecule has 0 fully saturated rings. The number of anilines is 1. The second-order valence-corrected chi connectivity index (χ2v) is 3.14. The van der Waals surface area contributed by atoms with Crippen molar-refractivity contribution in [1.29, 1.82) is 0 Å². The first kappa shape index (κ1) is 5.03. The van der Waals surface area contributed by atoms with Gasteiger partial charge in [0.05, 0.1) is 0 Å². The molecule has 0 unspecified atom stereocenters. The number of carbonyl (C=O) groups is 1. The summed E-state index contributed by atoms with van der Waals surface area (Å²) in [5.41, 5.74) is 0.984. The van der Waals surface area contributed by atoms with E-state index in [0.717, 1.165) is 5.56 Å². The molecule has 1 aromatic rings. The van der Waals surface area contributed by atoms with Crippen LogP contribution in [0.1, 0.15) is 13.8 Å². The normalized spacial score (nSPS) is 17.9. The van der Waals surface area contributed by atoms with E-state index in [-0.39, 0.29) is 10.6 Å². The summed E-state index contributed by atoms with van der Waals surface area (Å²) in [6.07, 6.45) is 0. The van der Waals surface area contributed by atoms with Crippen molar-refractivity contribution in [3.63, 3.8) is 0 Å². The van der Waals surface area contributed by atoms with E-state index in [4.69, 9.17) is 19.8 Å². The minimum absolute atomic E-state index is 0.159. The lowest BCUT2D eigenvalue weighted by Gasteiger charge is -2.12. The van der Waals surface area contributed by atoms with Gasteiger partial charge in [0.25, 0.3) is 0 Å². The Morgan fingerprint density at radius 1 is 1.57 bits per heavy atom. The second kappa shape index (κ2) is 4.33. The van der Waals surface area contributed by atoms with Crippen molar-refractivity contribution in [2.45, 2.75) is 6.92 Å². The van der Waals surface area contributed by atoms with Crippen molar-refractivity contribution >= 4 is 23.3 Å². The topological polar surface area (TPSA) is 32.3 Å². The largest absolute Gasteiger partial charge is 0.331 e. The third kappa shape index (κ3) is 2.64. The quantitative estimate of drug-likeness (QED) is 0.773. The van der Waals surface area contributed by atoms with Crippen LogP contribution in [0, 0.1) is 6.92 Å². The van der Waals surface area contributed by atoms with Gasteiger partial charge in [-0.05, 0) is 24.6 Å². The molecule has 0 aliphatic heterocycles. The van der Waals surface area contributed by atoms with Crippen LogP contribution in [0.4, 0.5) is 10.5 Å². The summed E-state index contributed by atoms with van der Waals surface area (Å²) in [5.74, 6) is 0. The van der Waals surface area contributed by atoms with Gasteiger partial charge in [0, 0.05) is 32.9 Å². The van der Waals surface area contributed by atoms with Gasteiger partial charge in [-0.25, -0.2) is 4.79 Å². The van der Waals surface area contributed by atoms with Gasteiger partial charge in [0.15, 0.2) is 0 Å². The summed E-state index contributed by atoms with van der Waals surface area (Å²) in [5, 5.41) is 2.58. The predicted octanol–water partition coefficient (Wildman–Crippen LogP) is 2.74. The van der Waals surface area contributed by atoms with E-state index in [0.29, 0.717) is 5.02 Å². The standard InChI is InChI=1S/C10H13ClN2O/c1-7-4-5-8(6-9(7)11)12-10(14)13(2)3/h4-6H,1-3H3,(H,12,14)/i2D3,3D3. The SMILES string of the molecule is [2H]C([2H])([2H])N(C(=O)Nc1ccc(C)c(Cl)c1)C([2H])([2H])[2H]. The zero-order valence-electron chi connectivity index (χ0n) is 13.5. The van der Waals surface area contributed by atoms with Crippen molar-refractivity contribution in [1.82, 2.24) is 4.90 Å². The fourth-order valence-electron chi connectivity index (χ4n) is 0.850. The van der Waals surface area contributed by atoms with Crippen LogP contribution in [0.5, 0.6) is 0 Å². The van der Waals surface area contributed by atoms with E-state index >= 15 is 0 Å². The van der Waals surface area contributed by atoms with Crippen molar-refractivity contribution < 1.29 is 13.0 Å². The molecule has 76 valence electrons. The van der Waals surface area contributed by atoms with Crippen LogP contribution in [0.3, 0.4) is 0 Å². The Morgan fingerprint density at radius 3 is 2.86 bits per heavy atom. The highest BCUT2D eigenvalue weighted by molar-refractivity contribution is 6.31. The van der Waals surface area contributed by atoms with E-state index in [9.17, 15) is 4.79 Å². The molecule has 0 aromatic heterocycles. The number of hydrogen-bond donors (Lipinski definition) is 1. The molecule has 3 nitrogen and oxygen atoms in total. The number of nitrogens with one attached hydrogen (secondary N) is 1. The molecule has 0 heterocycles. The van der Waals surface area contributed by atoms with Gasteiger partial charge < -0.3 is 10.2 Å².